The van der Waals surface area contributed by atoms with Crippen LogP contribution in [0, 0.1) is 0 Å². The number of amides is 1. The first kappa shape index (κ1) is 14.0. The number of nitrogens with zero attached hydrogens (tertiary/aromatic N) is 3. The third-order valence-corrected chi connectivity index (χ3v) is 4.48. The van der Waals surface area contributed by atoms with Crippen molar-refractivity contribution in [3.8, 4) is 0 Å². The van der Waals surface area contributed by atoms with Crippen molar-refractivity contribution >= 4 is 23.2 Å². The highest BCUT2D eigenvalue weighted by molar-refractivity contribution is 6.30. The van der Waals surface area contributed by atoms with E-state index in [4.69, 9.17) is 21.1 Å². The third kappa shape index (κ3) is 2.37. The van der Waals surface area contributed by atoms with Crippen molar-refractivity contribution in [2.75, 3.05) is 26.3 Å². The summed E-state index contributed by atoms with van der Waals surface area (Å²) in [6.45, 7) is 2.52. The fraction of sp³-hybridized carbons (Fsp3) is 0.467. The second kappa shape index (κ2) is 5.22. The van der Waals surface area contributed by atoms with Gasteiger partial charge >= 0.3 is 0 Å². The van der Waals surface area contributed by atoms with Gasteiger partial charge in [0, 0.05) is 38.3 Å². The number of carbonyl (C=O) groups excluding carboxylic acids is 1. The Balaban J connectivity index is 1.51. The molecule has 0 bridgehead atoms. The number of fused-ring (bicyclic) bond motifs is 1. The van der Waals surface area contributed by atoms with Crippen molar-refractivity contribution in [2.24, 2.45) is 0 Å². The van der Waals surface area contributed by atoms with E-state index in [1.165, 1.54) is 0 Å². The molecule has 6 nitrogen and oxygen atoms in total. The van der Waals surface area contributed by atoms with Gasteiger partial charge < -0.3 is 18.8 Å². The minimum Gasteiger partial charge on any atom is -0.347 e. The van der Waals surface area contributed by atoms with Gasteiger partial charge in [-0.25, -0.2) is 4.98 Å². The number of halogens is 1. The van der Waals surface area contributed by atoms with Gasteiger partial charge in [0.25, 0.3) is 5.91 Å². The number of hydrogen-bond donors (Lipinski definition) is 0. The zero-order valence-corrected chi connectivity index (χ0v) is 12.8. The average Bonchev–Trinajstić information content (AvgIpc) is 3.14. The van der Waals surface area contributed by atoms with E-state index < -0.39 is 5.79 Å². The number of imidazole rings is 1. The second-order valence-electron chi connectivity index (χ2n) is 5.64. The maximum atomic E-state index is 12.6. The third-order valence-electron chi connectivity index (χ3n) is 4.26. The summed E-state index contributed by atoms with van der Waals surface area (Å²) in [7, 11) is 0. The van der Waals surface area contributed by atoms with Crippen LogP contribution in [0.5, 0.6) is 0 Å². The molecule has 0 N–H and O–H groups in total. The lowest BCUT2D eigenvalue weighted by Gasteiger charge is -2.37. The maximum Gasteiger partial charge on any atom is 0.274 e. The Morgan fingerprint density at radius 3 is 2.64 bits per heavy atom. The van der Waals surface area contributed by atoms with Crippen molar-refractivity contribution in [3.05, 3.63) is 35.2 Å². The van der Waals surface area contributed by atoms with Crippen LogP contribution >= 0.6 is 11.6 Å². The molecule has 0 atom stereocenters. The lowest BCUT2D eigenvalue weighted by molar-refractivity contribution is -0.181. The summed E-state index contributed by atoms with van der Waals surface area (Å²) < 4.78 is 13.1. The zero-order chi connectivity index (χ0) is 15.2. The molecule has 2 aromatic rings. The van der Waals surface area contributed by atoms with E-state index in [1.54, 1.807) is 33.8 Å². The average molecular weight is 322 g/mol. The topological polar surface area (TPSA) is 56.1 Å². The van der Waals surface area contributed by atoms with Crippen LogP contribution in [0.3, 0.4) is 0 Å². The lowest BCUT2D eigenvalue weighted by Crippen LogP contribution is -2.47. The number of ether oxygens (including phenoxy) is 2. The minimum absolute atomic E-state index is 0.0623. The molecule has 0 aliphatic carbocycles. The van der Waals surface area contributed by atoms with E-state index >= 15 is 0 Å². The summed E-state index contributed by atoms with van der Waals surface area (Å²) in [5.74, 6) is -0.531. The number of hydrogen-bond acceptors (Lipinski definition) is 4. The summed E-state index contributed by atoms with van der Waals surface area (Å²) in [6, 6.07) is 3.56. The molecule has 2 fully saturated rings. The zero-order valence-electron chi connectivity index (χ0n) is 12.0. The predicted octanol–water partition coefficient (Wildman–Crippen LogP) is 1.97. The molecule has 0 saturated carbocycles. The highest BCUT2D eigenvalue weighted by Crippen LogP contribution is 2.31. The Labute approximate surface area is 132 Å². The first-order valence-corrected chi connectivity index (χ1v) is 7.75. The molecule has 22 heavy (non-hydrogen) atoms. The fourth-order valence-electron chi connectivity index (χ4n) is 3.07. The van der Waals surface area contributed by atoms with Gasteiger partial charge in [-0.1, -0.05) is 11.6 Å². The number of piperidine rings is 1. The van der Waals surface area contributed by atoms with Gasteiger partial charge in [-0.05, 0) is 12.1 Å². The molecular formula is C15H16ClN3O3. The molecule has 1 amide bonds. The minimum atomic E-state index is -0.469. The van der Waals surface area contributed by atoms with Gasteiger partial charge in [-0.15, -0.1) is 0 Å². The van der Waals surface area contributed by atoms with Crippen LogP contribution in [0.2, 0.25) is 5.02 Å². The van der Waals surface area contributed by atoms with E-state index in [-0.39, 0.29) is 5.91 Å². The summed E-state index contributed by atoms with van der Waals surface area (Å²) in [6.07, 6.45) is 4.87. The molecule has 0 unspecified atom stereocenters. The van der Waals surface area contributed by atoms with Crippen LogP contribution in [-0.2, 0) is 9.47 Å². The quantitative estimate of drug-likeness (QED) is 0.806. The monoisotopic (exact) mass is 321 g/mol. The Morgan fingerprint density at radius 1 is 1.18 bits per heavy atom. The first-order valence-electron chi connectivity index (χ1n) is 7.37. The van der Waals surface area contributed by atoms with Gasteiger partial charge in [0.1, 0.15) is 11.3 Å². The Hall–Kier alpha value is -1.63. The van der Waals surface area contributed by atoms with Gasteiger partial charge in [-0.2, -0.15) is 0 Å². The van der Waals surface area contributed by atoms with Crippen LogP contribution in [0.15, 0.2) is 24.5 Å². The normalized spacial score (nSPS) is 20.9. The van der Waals surface area contributed by atoms with Gasteiger partial charge in [0.2, 0.25) is 0 Å². The lowest BCUT2D eigenvalue weighted by atomic mass is 10.0. The maximum absolute atomic E-state index is 12.6. The molecule has 4 rings (SSSR count). The van der Waals surface area contributed by atoms with E-state index in [0.717, 1.165) is 0 Å². The molecule has 2 aliphatic rings. The van der Waals surface area contributed by atoms with Crippen LogP contribution < -0.4 is 0 Å². The molecule has 2 aromatic heterocycles. The van der Waals surface area contributed by atoms with Gasteiger partial charge in [-0.3, -0.25) is 4.79 Å². The molecule has 1 spiro atoms. The van der Waals surface area contributed by atoms with E-state index in [0.29, 0.717) is 55.5 Å². The summed E-state index contributed by atoms with van der Waals surface area (Å²) >= 11 is 5.95. The number of pyridine rings is 1. The van der Waals surface area contributed by atoms with E-state index in [9.17, 15) is 4.79 Å². The predicted molar refractivity (Wildman–Crippen MR) is 80.0 cm³/mol. The van der Waals surface area contributed by atoms with Gasteiger partial charge in [0.05, 0.1) is 18.2 Å². The molecule has 4 heterocycles. The largest absolute Gasteiger partial charge is 0.347 e. The van der Waals surface area contributed by atoms with Crippen LogP contribution in [0.25, 0.3) is 5.65 Å². The smallest absolute Gasteiger partial charge is 0.274 e. The number of rotatable bonds is 1. The number of carbonyl (C=O) groups is 1. The molecule has 2 aliphatic heterocycles. The Bertz CT molecular complexity index is 714. The Morgan fingerprint density at radius 2 is 1.91 bits per heavy atom. The molecule has 116 valence electrons. The molecular weight excluding hydrogens is 306 g/mol. The molecule has 0 radical (unpaired) electrons. The molecule has 2 saturated heterocycles. The fourth-order valence-corrected chi connectivity index (χ4v) is 3.23. The van der Waals surface area contributed by atoms with Crippen LogP contribution in [0.4, 0.5) is 0 Å². The summed E-state index contributed by atoms with van der Waals surface area (Å²) in [5, 5.41) is 0.611. The highest BCUT2D eigenvalue weighted by atomic mass is 35.5. The van der Waals surface area contributed by atoms with Crippen LogP contribution in [0.1, 0.15) is 23.3 Å². The van der Waals surface area contributed by atoms with Crippen molar-refractivity contribution < 1.29 is 14.3 Å². The summed E-state index contributed by atoms with van der Waals surface area (Å²) in [5.41, 5.74) is 1.15. The highest BCUT2D eigenvalue weighted by Gasteiger charge is 2.41. The molecule has 0 aromatic carbocycles. The van der Waals surface area contributed by atoms with E-state index in [2.05, 4.69) is 4.98 Å². The van der Waals surface area contributed by atoms with Crippen LogP contribution in [-0.4, -0.2) is 52.3 Å². The van der Waals surface area contributed by atoms with Crippen molar-refractivity contribution in [1.82, 2.24) is 14.3 Å². The standard InChI is InChI=1S/C15H16ClN3O3/c16-11-1-2-13-17-12(10-19(13)9-11)14(20)18-5-3-15(4-6-18)21-7-8-22-15/h1-2,9-10H,3-8H2. The van der Waals surface area contributed by atoms with Crippen molar-refractivity contribution in [3.63, 3.8) is 0 Å². The van der Waals surface area contributed by atoms with Crippen molar-refractivity contribution in [1.29, 1.82) is 0 Å². The van der Waals surface area contributed by atoms with E-state index in [1.807, 2.05) is 0 Å². The van der Waals surface area contributed by atoms with Gasteiger partial charge in [0.15, 0.2) is 5.79 Å². The first-order chi connectivity index (χ1) is 10.7. The SMILES string of the molecule is O=C(c1cn2cc(Cl)ccc2n1)N1CCC2(CC1)OCCO2. The number of likely N-dealkylation sites (tertiary alicyclic amines) is 1. The number of aromatic nitrogens is 2. The molecule has 7 heteroatoms. The Kier molecular flexibility index (Phi) is 3.32. The van der Waals surface area contributed by atoms with Crippen molar-refractivity contribution in [2.45, 2.75) is 18.6 Å². The summed E-state index contributed by atoms with van der Waals surface area (Å²) in [4.78, 5) is 18.8. The second-order valence-corrected chi connectivity index (χ2v) is 6.08.